The average Bonchev–Trinajstić information content (AvgIpc) is 3.39. The second-order valence-corrected chi connectivity index (χ2v) is 14.8. The number of unbranched alkanes of at least 4 members (excludes halogenated alkanes) is 2. The molecule has 3 aromatic rings. The molecule has 8 heteroatoms. The zero-order valence-electron chi connectivity index (χ0n) is 35.3. The van der Waals surface area contributed by atoms with Crippen molar-refractivity contribution in [2.45, 2.75) is 171 Å². The minimum atomic E-state index is -3.28. The molecule has 0 spiro atoms. The SMILES string of the molecule is CCC.CCC(C)c1cc(C)c(-c2cc(C)cc(F)c2)c(C)c1.CCCC1(CCC)NC(c2ccccc2OC(C)(F)F)NC1=O.CCCCCC(C)=O. The first-order valence-corrected chi connectivity index (χ1v) is 20.0. The summed E-state index contributed by atoms with van der Waals surface area (Å²) in [6, 6.07) is 16.3. The van der Waals surface area contributed by atoms with E-state index in [1.807, 2.05) is 20.8 Å². The van der Waals surface area contributed by atoms with Gasteiger partial charge in [-0.3, -0.25) is 10.1 Å². The molecule has 5 nitrogen and oxygen atoms in total. The maximum absolute atomic E-state index is 13.6. The van der Waals surface area contributed by atoms with Gasteiger partial charge in [-0.1, -0.05) is 117 Å². The van der Waals surface area contributed by atoms with E-state index in [9.17, 15) is 22.8 Å². The molecule has 1 heterocycles. The van der Waals surface area contributed by atoms with E-state index in [1.165, 1.54) is 47.6 Å². The van der Waals surface area contributed by atoms with Gasteiger partial charge in [0.15, 0.2) is 0 Å². The number of carbonyl (C=O) groups excluding carboxylic acids is 2. The highest BCUT2D eigenvalue weighted by atomic mass is 19.3. The zero-order chi connectivity index (χ0) is 41.1. The second kappa shape index (κ2) is 24.0. The molecule has 2 unspecified atom stereocenters. The Morgan fingerprint density at radius 2 is 1.46 bits per heavy atom. The molecular formula is C46H69F3N2O3. The van der Waals surface area contributed by atoms with Crippen molar-refractivity contribution in [2.75, 3.05) is 0 Å². The van der Waals surface area contributed by atoms with Gasteiger partial charge in [0.25, 0.3) is 0 Å². The molecule has 54 heavy (non-hydrogen) atoms. The number of hydrogen-bond donors (Lipinski definition) is 2. The molecule has 4 rings (SSSR count). The van der Waals surface area contributed by atoms with Crippen molar-refractivity contribution < 1.29 is 27.5 Å². The molecule has 1 aliphatic rings. The summed E-state index contributed by atoms with van der Waals surface area (Å²) in [5.74, 6) is 0.713. The molecule has 0 saturated carbocycles. The number of carbonyl (C=O) groups is 2. The lowest BCUT2D eigenvalue weighted by atomic mass is 9.88. The first-order chi connectivity index (χ1) is 25.4. The molecule has 0 bridgehead atoms. The lowest BCUT2D eigenvalue weighted by Gasteiger charge is -2.27. The Balaban J connectivity index is 0.000000427. The standard InChI is InChI=1S/C19H23F.C17H24F2N2O2.C7H14O.C3H8/c1-6-13(3)16-9-14(4)19(15(5)10-16)17-7-12(2)8-18(20)11-17;1-4-10-17(11-5-2)15(22)20-14(21-17)12-8-6-7-9-13(12)23-16(3,18)19;1-3-4-5-6-7(2)8;1-3-2/h7-11,13H,6H2,1-5H3;6-9,14,21H,4-5,10-11H2,1-3H3,(H,20,22);3-6H2,1-2H3;3H2,1-2H3. The van der Waals surface area contributed by atoms with Gasteiger partial charge in [-0.15, -0.1) is 0 Å². The Kier molecular flexibility index (Phi) is 21.5. The summed E-state index contributed by atoms with van der Waals surface area (Å²) >= 11 is 0. The maximum Gasteiger partial charge on any atom is 0.394 e. The van der Waals surface area contributed by atoms with Crippen LogP contribution in [0.25, 0.3) is 11.1 Å². The van der Waals surface area contributed by atoms with Gasteiger partial charge in [-0.2, -0.15) is 8.78 Å². The van der Waals surface area contributed by atoms with E-state index in [1.54, 1.807) is 37.3 Å². The number of rotatable bonds is 14. The van der Waals surface area contributed by atoms with Crippen LogP contribution in [-0.4, -0.2) is 23.3 Å². The van der Waals surface area contributed by atoms with Gasteiger partial charge < -0.3 is 14.8 Å². The highest BCUT2D eigenvalue weighted by Crippen LogP contribution is 2.35. The van der Waals surface area contributed by atoms with Crippen LogP contribution in [0.15, 0.2) is 54.6 Å². The van der Waals surface area contributed by atoms with Gasteiger partial charge in [0, 0.05) is 18.9 Å². The van der Waals surface area contributed by atoms with Crippen molar-refractivity contribution >= 4 is 11.7 Å². The Labute approximate surface area is 325 Å². The van der Waals surface area contributed by atoms with Crippen LogP contribution in [0.3, 0.4) is 0 Å². The van der Waals surface area contributed by atoms with Crippen molar-refractivity contribution in [1.29, 1.82) is 0 Å². The molecule has 1 aliphatic heterocycles. The topological polar surface area (TPSA) is 67.4 Å². The number of alkyl halides is 2. The van der Waals surface area contributed by atoms with Crippen LogP contribution < -0.4 is 15.4 Å². The normalized spacial score (nSPS) is 15.0. The zero-order valence-corrected chi connectivity index (χ0v) is 35.3. The van der Waals surface area contributed by atoms with Crippen molar-refractivity contribution in [1.82, 2.24) is 10.6 Å². The number of nitrogens with one attached hydrogen (secondary N) is 2. The fraction of sp³-hybridized carbons (Fsp3) is 0.565. The summed E-state index contributed by atoms with van der Waals surface area (Å²) in [7, 11) is 0. The number of halogens is 3. The second-order valence-electron chi connectivity index (χ2n) is 14.8. The summed E-state index contributed by atoms with van der Waals surface area (Å²) in [6.45, 7) is 23.4. The quantitative estimate of drug-likeness (QED) is 0.161. The lowest BCUT2D eigenvalue weighted by Crippen LogP contribution is -2.46. The van der Waals surface area contributed by atoms with Gasteiger partial charge in [-0.05, 0) is 111 Å². The lowest BCUT2D eigenvalue weighted by molar-refractivity contribution is -0.159. The number of aryl methyl sites for hydroxylation is 3. The first kappa shape index (κ1) is 48.4. The predicted molar refractivity (Wildman–Crippen MR) is 220 cm³/mol. The summed E-state index contributed by atoms with van der Waals surface area (Å²) in [6.07, 6.45) is 5.95. The molecule has 2 atom stereocenters. The number of para-hydroxylation sites is 1. The van der Waals surface area contributed by atoms with Crippen LogP contribution in [0.5, 0.6) is 5.75 Å². The van der Waals surface area contributed by atoms with Crippen LogP contribution in [-0.2, 0) is 9.59 Å². The molecule has 1 saturated heterocycles. The Morgan fingerprint density at radius 3 is 1.94 bits per heavy atom. The number of ether oxygens (including phenoxy) is 1. The molecule has 1 amide bonds. The average molecular weight is 755 g/mol. The molecule has 1 fully saturated rings. The number of hydrogen-bond acceptors (Lipinski definition) is 4. The minimum absolute atomic E-state index is 0.0709. The number of ketones is 1. The molecule has 0 aromatic heterocycles. The molecule has 3 aromatic carbocycles. The van der Waals surface area contributed by atoms with Crippen molar-refractivity contribution in [3.63, 3.8) is 0 Å². The van der Waals surface area contributed by atoms with Crippen molar-refractivity contribution in [2.24, 2.45) is 0 Å². The first-order valence-electron chi connectivity index (χ1n) is 20.0. The van der Waals surface area contributed by atoms with Crippen molar-refractivity contribution in [3.05, 3.63) is 88.2 Å². The van der Waals surface area contributed by atoms with Gasteiger partial charge >= 0.3 is 6.11 Å². The van der Waals surface area contributed by atoms with E-state index in [4.69, 9.17) is 4.74 Å². The Morgan fingerprint density at radius 1 is 0.889 bits per heavy atom. The van der Waals surface area contributed by atoms with Gasteiger partial charge in [0.2, 0.25) is 5.91 Å². The van der Waals surface area contributed by atoms with E-state index in [0.717, 1.165) is 43.2 Å². The maximum atomic E-state index is 13.6. The van der Waals surface area contributed by atoms with E-state index in [-0.39, 0.29) is 17.5 Å². The molecular weight excluding hydrogens is 686 g/mol. The monoisotopic (exact) mass is 755 g/mol. The molecule has 2 N–H and O–H groups in total. The number of amides is 1. The van der Waals surface area contributed by atoms with Crippen molar-refractivity contribution in [3.8, 4) is 16.9 Å². The van der Waals surface area contributed by atoms with E-state index < -0.39 is 17.8 Å². The Bertz CT molecular complexity index is 1530. The van der Waals surface area contributed by atoms with Gasteiger partial charge in [0.1, 0.15) is 23.5 Å². The summed E-state index contributed by atoms with van der Waals surface area (Å²) in [5, 5.41) is 6.19. The smallest absolute Gasteiger partial charge is 0.394 e. The molecule has 302 valence electrons. The summed E-state index contributed by atoms with van der Waals surface area (Å²) < 4.78 is 44.8. The highest BCUT2D eigenvalue weighted by Gasteiger charge is 2.46. The van der Waals surface area contributed by atoms with Crippen LogP contribution in [0.4, 0.5) is 13.2 Å². The summed E-state index contributed by atoms with van der Waals surface area (Å²) in [5.41, 5.74) is 6.81. The van der Waals surface area contributed by atoms with E-state index in [0.29, 0.717) is 37.0 Å². The highest BCUT2D eigenvalue weighted by molar-refractivity contribution is 5.89. The molecule has 0 radical (unpaired) electrons. The van der Waals surface area contributed by atoms with E-state index >= 15 is 0 Å². The van der Waals surface area contributed by atoms with Crippen LogP contribution >= 0.6 is 0 Å². The Hall–Kier alpha value is -3.65. The largest absolute Gasteiger partial charge is 0.432 e. The fourth-order valence-electron chi connectivity index (χ4n) is 6.63. The third-order valence-corrected chi connectivity index (χ3v) is 9.20. The minimum Gasteiger partial charge on any atom is -0.432 e. The number of Topliss-reactive ketones (excluding diaryl/α,β-unsaturated/α-hetero) is 1. The van der Waals surface area contributed by atoms with Crippen LogP contribution in [0.2, 0.25) is 0 Å². The third kappa shape index (κ3) is 16.0. The number of benzene rings is 3. The van der Waals surface area contributed by atoms with Gasteiger partial charge in [-0.25, -0.2) is 4.39 Å². The summed E-state index contributed by atoms with van der Waals surface area (Å²) in [4.78, 5) is 22.8. The predicted octanol–water partition coefficient (Wildman–Crippen LogP) is 13.2. The fourth-order valence-corrected chi connectivity index (χ4v) is 6.63. The van der Waals surface area contributed by atoms with Gasteiger partial charge in [0.05, 0.1) is 5.54 Å². The molecule has 0 aliphatic carbocycles. The van der Waals surface area contributed by atoms with Crippen LogP contribution in [0, 0.1) is 26.6 Å². The van der Waals surface area contributed by atoms with Crippen LogP contribution in [0.1, 0.15) is 166 Å². The third-order valence-electron chi connectivity index (χ3n) is 9.20. The van der Waals surface area contributed by atoms with E-state index in [2.05, 4.69) is 77.3 Å².